The lowest BCUT2D eigenvalue weighted by molar-refractivity contribution is 0.0630. The second-order valence-corrected chi connectivity index (χ2v) is 8.34. The summed E-state index contributed by atoms with van der Waals surface area (Å²) in [4.78, 5) is 4.94. The molecule has 0 aromatic heterocycles. The zero-order valence-electron chi connectivity index (χ0n) is 16.2. The van der Waals surface area contributed by atoms with E-state index in [4.69, 9.17) is 9.73 Å². The topological polar surface area (TPSA) is 21.6 Å². The van der Waals surface area contributed by atoms with Gasteiger partial charge in [0.1, 0.15) is 0 Å². The van der Waals surface area contributed by atoms with Crippen molar-refractivity contribution in [1.29, 1.82) is 0 Å². The van der Waals surface area contributed by atoms with Crippen LogP contribution >= 0.6 is 0 Å². The normalized spacial score (nSPS) is 33.2. The highest BCUT2D eigenvalue weighted by Gasteiger charge is 2.43. The summed E-state index contributed by atoms with van der Waals surface area (Å²) in [6, 6.07) is 0. The van der Waals surface area contributed by atoms with Crippen LogP contribution in [0.2, 0.25) is 0 Å². The number of rotatable bonds is 7. The van der Waals surface area contributed by atoms with Crippen molar-refractivity contribution < 1.29 is 4.74 Å². The van der Waals surface area contributed by atoms with Crippen LogP contribution in [0.5, 0.6) is 0 Å². The van der Waals surface area contributed by atoms with Crippen LogP contribution in [-0.4, -0.2) is 25.5 Å². The van der Waals surface area contributed by atoms with Crippen molar-refractivity contribution in [2.45, 2.75) is 58.8 Å². The number of unbranched alkanes of at least 4 members (excludes halogenated alkanes) is 1. The zero-order chi connectivity index (χ0) is 17.7. The van der Waals surface area contributed by atoms with Crippen molar-refractivity contribution in [1.82, 2.24) is 0 Å². The SMILES string of the molecule is C=C/C(=C\C)C1(C)CN=C2CC(CCCCC3CCOCC3)C=CC21. The standard InChI is InChI=1S/C23H35NO/c1-4-20(5-2)23(3)17-24-22-16-19(10-11-21(22)23)9-7-6-8-18-12-14-25-15-13-18/h4-5,10-11,18-19,21H,1,6-9,12-17H2,2-3H3/b20-5+. The summed E-state index contributed by atoms with van der Waals surface area (Å²) in [5.74, 6) is 2.10. The first-order chi connectivity index (χ1) is 12.2. The first kappa shape index (κ1) is 18.6. The molecule has 0 aromatic rings. The molecule has 2 heterocycles. The van der Waals surface area contributed by atoms with E-state index in [-0.39, 0.29) is 5.41 Å². The summed E-state index contributed by atoms with van der Waals surface area (Å²) >= 11 is 0. The Labute approximate surface area is 154 Å². The Morgan fingerprint density at radius 1 is 1.28 bits per heavy atom. The Kier molecular flexibility index (Phi) is 6.33. The molecule has 2 heteroatoms. The predicted molar refractivity (Wildman–Crippen MR) is 107 cm³/mol. The second kappa shape index (κ2) is 8.49. The van der Waals surface area contributed by atoms with Gasteiger partial charge in [-0.1, -0.05) is 57.1 Å². The molecule has 0 bridgehead atoms. The fourth-order valence-electron chi connectivity index (χ4n) is 4.97. The molecule has 3 unspecified atom stereocenters. The molecule has 1 fully saturated rings. The number of allylic oxidation sites excluding steroid dienone is 4. The van der Waals surface area contributed by atoms with Gasteiger partial charge >= 0.3 is 0 Å². The monoisotopic (exact) mass is 341 g/mol. The van der Waals surface area contributed by atoms with Gasteiger partial charge < -0.3 is 4.74 Å². The number of ether oxygens (including phenoxy) is 1. The van der Waals surface area contributed by atoms with Crippen LogP contribution in [0.25, 0.3) is 0 Å². The molecule has 0 N–H and O–H groups in total. The lowest BCUT2D eigenvalue weighted by Crippen LogP contribution is -2.32. The van der Waals surface area contributed by atoms with E-state index in [9.17, 15) is 0 Å². The van der Waals surface area contributed by atoms with Crippen molar-refractivity contribution in [2.24, 2.45) is 28.2 Å². The molecule has 0 spiro atoms. The smallest absolute Gasteiger partial charge is 0.0492 e. The molecule has 2 nitrogen and oxygen atoms in total. The van der Waals surface area contributed by atoms with Gasteiger partial charge in [0.05, 0.1) is 0 Å². The summed E-state index contributed by atoms with van der Waals surface area (Å²) in [7, 11) is 0. The molecule has 0 amide bonds. The fraction of sp³-hybridized carbons (Fsp3) is 0.696. The van der Waals surface area contributed by atoms with Crippen molar-refractivity contribution in [2.75, 3.05) is 19.8 Å². The van der Waals surface area contributed by atoms with Crippen LogP contribution in [0.3, 0.4) is 0 Å². The maximum Gasteiger partial charge on any atom is 0.0492 e. The summed E-state index contributed by atoms with van der Waals surface area (Å²) in [6.07, 6.45) is 18.3. The van der Waals surface area contributed by atoms with Gasteiger partial charge in [-0.15, -0.1) is 0 Å². The van der Waals surface area contributed by atoms with Gasteiger partial charge in [0.15, 0.2) is 0 Å². The third-order valence-electron chi connectivity index (χ3n) is 6.67. The Bertz CT molecular complexity index is 552. The van der Waals surface area contributed by atoms with Gasteiger partial charge in [0.2, 0.25) is 0 Å². The molecule has 3 aliphatic rings. The highest BCUT2D eigenvalue weighted by molar-refractivity contribution is 5.92. The van der Waals surface area contributed by atoms with E-state index in [1.165, 1.54) is 56.2 Å². The Hall–Kier alpha value is -1.15. The van der Waals surface area contributed by atoms with Gasteiger partial charge in [-0.25, -0.2) is 0 Å². The third kappa shape index (κ3) is 4.16. The molecule has 1 aliphatic carbocycles. The van der Waals surface area contributed by atoms with Crippen LogP contribution in [0.15, 0.2) is 41.4 Å². The highest BCUT2D eigenvalue weighted by atomic mass is 16.5. The largest absolute Gasteiger partial charge is 0.381 e. The van der Waals surface area contributed by atoms with Crippen LogP contribution in [0, 0.1) is 23.2 Å². The van der Waals surface area contributed by atoms with Crippen molar-refractivity contribution in [3.63, 3.8) is 0 Å². The highest BCUT2D eigenvalue weighted by Crippen LogP contribution is 2.46. The minimum Gasteiger partial charge on any atom is -0.381 e. The minimum absolute atomic E-state index is 0.121. The van der Waals surface area contributed by atoms with Crippen LogP contribution in [0.1, 0.15) is 58.8 Å². The maximum atomic E-state index is 5.46. The molecule has 0 aromatic carbocycles. The molecule has 0 radical (unpaired) electrons. The van der Waals surface area contributed by atoms with Gasteiger partial charge in [-0.2, -0.15) is 0 Å². The van der Waals surface area contributed by atoms with Crippen LogP contribution < -0.4 is 0 Å². The summed E-state index contributed by atoms with van der Waals surface area (Å²) in [5.41, 5.74) is 2.90. The Balaban J connectivity index is 1.48. The number of hydrogen-bond donors (Lipinski definition) is 0. The quantitative estimate of drug-likeness (QED) is 0.328. The molecule has 25 heavy (non-hydrogen) atoms. The molecule has 0 saturated carbocycles. The Morgan fingerprint density at radius 2 is 2.04 bits per heavy atom. The van der Waals surface area contributed by atoms with Gasteiger partial charge in [0.25, 0.3) is 0 Å². The number of fused-ring (bicyclic) bond motifs is 1. The van der Waals surface area contributed by atoms with Crippen molar-refractivity contribution in [3.8, 4) is 0 Å². The van der Waals surface area contributed by atoms with E-state index in [1.54, 1.807) is 0 Å². The van der Waals surface area contributed by atoms with E-state index < -0.39 is 0 Å². The number of aliphatic imine (C=N–C) groups is 1. The predicted octanol–water partition coefficient (Wildman–Crippen LogP) is 5.76. The molecule has 3 rings (SSSR count). The first-order valence-corrected chi connectivity index (χ1v) is 10.3. The molecule has 2 aliphatic heterocycles. The van der Waals surface area contributed by atoms with Gasteiger partial charge in [0, 0.05) is 36.8 Å². The molecule has 138 valence electrons. The van der Waals surface area contributed by atoms with E-state index in [0.717, 1.165) is 25.7 Å². The van der Waals surface area contributed by atoms with E-state index in [1.807, 2.05) is 6.08 Å². The van der Waals surface area contributed by atoms with Gasteiger partial charge in [-0.05, 0) is 50.0 Å². The average Bonchev–Trinajstić information content (AvgIpc) is 2.98. The van der Waals surface area contributed by atoms with E-state index in [2.05, 4.69) is 38.7 Å². The lowest BCUT2D eigenvalue weighted by Gasteiger charge is -2.34. The molecule has 1 saturated heterocycles. The van der Waals surface area contributed by atoms with Crippen molar-refractivity contribution in [3.05, 3.63) is 36.5 Å². The maximum absolute atomic E-state index is 5.46. The second-order valence-electron chi connectivity index (χ2n) is 8.34. The minimum atomic E-state index is 0.121. The van der Waals surface area contributed by atoms with Crippen molar-refractivity contribution >= 4 is 5.71 Å². The molecular formula is C23H35NO. The molecular weight excluding hydrogens is 306 g/mol. The molecule has 3 atom stereocenters. The lowest BCUT2D eigenvalue weighted by atomic mass is 9.68. The Morgan fingerprint density at radius 3 is 2.76 bits per heavy atom. The number of nitrogens with zero attached hydrogens (tertiary/aromatic N) is 1. The first-order valence-electron chi connectivity index (χ1n) is 10.3. The zero-order valence-corrected chi connectivity index (χ0v) is 16.2. The summed E-state index contributed by atoms with van der Waals surface area (Å²) in [5, 5.41) is 0. The summed E-state index contributed by atoms with van der Waals surface area (Å²) < 4.78 is 5.46. The van der Waals surface area contributed by atoms with Crippen LogP contribution in [-0.2, 0) is 4.74 Å². The van der Waals surface area contributed by atoms with Crippen LogP contribution in [0.4, 0.5) is 0 Å². The van der Waals surface area contributed by atoms with Gasteiger partial charge in [-0.3, -0.25) is 4.99 Å². The third-order valence-corrected chi connectivity index (χ3v) is 6.67. The average molecular weight is 342 g/mol. The number of hydrogen-bond acceptors (Lipinski definition) is 2. The summed E-state index contributed by atoms with van der Waals surface area (Å²) in [6.45, 7) is 11.4. The fourth-order valence-corrected chi connectivity index (χ4v) is 4.97. The van der Waals surface area contributed by atoms with E-state index in [0.29, 0.717) is 11.8 Å². The van der Waals surface area contributed by atoms with E-state index >= 15 is 0 Å².